The van der Waals surface area contributed by atoms with Crippen molar-refractivity contribution in [2.24, 2.45) is 5.92 Å². The Morgan fingerprint density at radius 1 is 1.06 bits per heavy atom. The van der Waals surface area contributed by atoms with Crippen molar-refractivity contribution in [2.45, 2.75) is 12.5 Å². The van der Waals surface area contributed by atoms with Gasteiger partial charge in [0.15, 0.2) is 0 Å². The molecule has 8 heteroatoms. The lowest BCUT2D eigenvalue weighted by Crippen LogP contribution is -2.56. The molecular weight excluding hydrogens is 437 g/mol. The Hall–Kier alpha value is -3.52. The normalized spacial score (nSPS) is 21.1. The molecule has 2 aromatic rings. The Labute approximate surface area is 197 Å². The first-order valence-corrected chi connectivity index (χ1v) is 11.4. The fraction of sp³-hybridized carbons (Fsp3) is 0.346. The first-order valence-electron chi connectivity index (χ1n) is 11.4. The van der Waals surface area contributed by atoms with Gasteiger partial charge >= 0.3 is 5.97 Å². The number of fused-ring (bicyclic) bond motifs is 1. The van der Waals surface area contributed by atoms with E-state index < -0.39 is 17.7 Å². The van der Waals surface area contributed by atoms with E-state index in [0.29, 0.717) is 35.0 Å². The van der Waals surface area contributed by atoms with Gasteiger partial charge in [-0.25, -0.2) is 9.18 Å². The molecule has 0 saturated carbocycles. The minimum atomic E-state index is -0.626. The smallest absolute Gasteiger partial charge is 0.344 e. The van der Waals surface area contributed by atoms with Gasteiger partial charge in [0.2, 0.25) is 5.91 Å². The number of esters is 1. The molecule has 0 aliphatic carbocycles. The number of hydrogen-bond acceptors (Lipinski definition) is 5. The second kappa shape index (κ2) is 8.68. The fourth-order valence-electron chi connectivity index (χ4n) is 4.73. The molecule has 3 aliphatic heterocycles. The molecule has 3 aliphatic rings. The third-order valence-corrected chi connectivity index (χ3v) is 6.86. The number of carbonyl (C=O) groups excluding carboxylic acids is 3. The second-order valence-corrected chi connectivity index (χ2v) is 9.28. The zero-order chi connectivity index (χ0) is 24.0. The molecule has 0 bridgehead atoms. The standard InChI is InChI=1S/C26H26FN3O4/c1-28(2)18-9-10-29(15-18)24(31)17-13-30(14-17)25(32)21-11-16(7-8-22(21)27)12-23-19-5-3-4-6-20(19)26(33)34-23/h3-8,11-12,17-18H,9-10,13-15H2,1-2H3/b23-12-/t18-/m1/s1. The summed E-state index contributed by atoms with van der Waals surface area (Å²) >= 11 is 0. The average molecular weight is 464 g/mol. The lowest BCUT2D eigenvalue weighted by Gasteiger charge is -2.40. The van der Waals surface area contributed by atoms with Crippen LogP contribution in [-0.2, 0) is 9.53 Å². The van der Waals surface area contributed by atoms with E-state index in [0.717, 1.165) is 13.0 Å². The molecule has 0 unspecified atom stereocenters. The maximum absolute atomic E-state index is 14.5. The van der Waals surface area contributed by atoms with E-state index in [1.807, 2.05) is 19.0 Å². The van der Waals surface area contributed by atoms with E-state index in [1.165, 1.54) is 23.1 Å². The molecule has 176 valence electrons. The van der Waals surface area contributed by atoms with Crippen LogP contribution in [0.4, 0.5) is 4.39 Å². The van der Waals surface area contributed by atoms with Crippen molar-refractivity contribution in [3.8, 4) is 0 Å². The molecule has 2 saturated heterocycles. The quantitative estimate of drug-likeness (QED) is 0.653. The Bertz CT molecular complexity index is 1200. The number of halogens is 1. The number of hydrogen-bond donors (Lipinski definition) is 0. The van der Waals surface area contributed by atoms with Gasteiger partial charge in [0.05, 0.1) is 17.0 Å². The van der Waals surface area contributed by atoms with Gasteiger partial charge in [-0.05, 0) is 50.4 Å². The van der Waals surface area contributed by atoms with Crippen molar-refractivity contribution in [1.82, 2.24) is 14.7 Å². The van der Waals surface area contributed by atoms with Crippen molar-refractivity contribution in [2.75, 3.05) is 40.3 Å². The Morgan fingerprint density at radius 2 is 1.79 bits per heavy atom. The van der Waals surface area contributed by atoms with Crippen LogP contribution in [0, 0.1) is 11.7 Å². The first kappa shape index (κ1) is 22.3. The molecule has 3 heterocycles. The summed E-state index contributed by atoms with van der Waals surface area (Å²) in [6.45, 7) is 2.01. The van der Waals surface area contributed by atoms with Gasteiger partial charge in [0.25, 0.3) is 5.91 Å². The van der Waals surface area contributed by atoms with Gasteiger partial charge in [-0.1, -0.05) is 24.3 Å². The maximum Gasteiger partial charge on any atom is 0.344 e. The Morgan fingerprint density at radius 3 is 2.50 bits per heavy atom. The molecule has 0 aromatic heterocycles. The van der Waals surface area contributed by atoms with Crippen LogP contribution in [0.2, 0.25) is 0 Å². The molecule has 2 amide bonds. The fourth-order valence-corrected chi connectivity index (χ4v) is 4.73. The predicted molar refractivity (Wildman–Crippen MR) is 124 cm³/mol. The number of carbonyl (C=O) groups is 3. The van der Waals surface area contributed by atoms with Crippen LogP contribution in [0.1, 0.15) is 38.3 Å². The molecule has 34 heavy (non-hydrogen) atoms. The highest BCUT2D eigenvalue weighted by atomic mass is 19.1. The summed E-state index contributed by atoms with van der Waals surface area (Å²) in [5.41, 5.74) is 1.61. The predicted octanol–water partition coefficient (Wildman–Crippen LogP) is 2.73. The topological polar surface area (TPSA) is 70.2 Å². The minimum Gasteiger partial charge on any atom is -0.422 e. The third-order valence-electron chi connectivity index (χ3n) is 6.86. The number of cyclic esters (lactones) is 1. The average Bonchev–Trinajstić information content (AvgIpc) is 3.40. The number of likely N-dealkylation sites (tertiary alicyclic amines) is 2. The summed E-state index contributed by atoms with van der Waals surface area (Å²) in [5, 5.41) is 0. The summed E-state index contributed by atoms with van der Waals surface area (Å²) in [7, 11) is 4.02. The number of ether oxygens (including phenoxy) is 1. The lowest BCUT2D eigenvalue weighted by molar-refractivity contribution is -0.138. The molecular formula is C26H26FN3O4. The number of amides is 2. The molecule has 5 rings (SSSR count). The van der Waals surface area contributed by atoms with Crippen LogP contribution in [0.25, 0.3) is 11.8 Å². The first-order chi connectivity index (χ1) is 16.3. The molecule has 7 nitrogen and oxygen atoms in total. The van der Waals surface area contributed by atoms with Crippen LogP contribution in [-0.4, -0.2) is 78.8 Å². The Kier molecular flexibility index (Phi) is 5.69. The van der Waals surface area contributed by atoms with Gasteiger partial charge in [-0.2, -0.15) is 0 Å². The van der Waals surface area contributed by atoms with E-state index in [9.17, 15) is 18.8 Å². The van der Waals surface area contributed by atoms with Gasteiger partial charge in [0.1, 0.15) is 11.6 Å². The molecule has 0 N–H and O–H groups in total. The minimum absolute atomic E-state index is 0.0632. The number of nitrogens with zero attached hydrogens (tertiary/aromatic N) is 3. The monoisotopic (exact) mass is 463 g/mol. The summed E-state index contributed by atoms with van der Waals surface area (Å²) in [5.74, 6) is -1.33. The van der Waals surface area contributed by atoms with Gasteiger partial charge < -0.3 is 19.4 Å². The van der Waals surface area contributed by atoms with Crippen molar-refractivity contribution in [3.05, 3.63) is 70.5 Å². The van der Waals surface area contributed by atoms with Crippen molar-refractivity contribution < 1.29 is 23.5 Å². The number of benzene rings is 2. The molecule has 1 atom stereocenters. The molecule has 0 spiro atoms. The highest BCUT2D eigenvalue weighted by molar-refractivity contribution is 6.06. The van der Waals surface area contributed by atoms with Gasteiger partial charge in [0, 0.05) is 37.8 Å². The van der Waals surface area contributed by atoms with Crippen LogP contribution in [0.15, 0.2) is 42.5 Å². The van der Waals surface area contributed by atoms with Crippen molar-refractivity contribution >= 4 is 29.6 Å². The van der Waals surface area contributed by atoms with Crippen molar-refractivity contribution in [3.63, 3.8) is 0 Å². The zero-order valence-corrected chi connectivity index (χ0v) is 19.2. The summed E-state index contributed by atoms with van der Waals surface area (Å²) < 4.78 is 19.9. The van der Waals surface area contributed by atoms with E-state index in [1.54, 1.807) is 30.3 Å². The van der Waals surface area contributed by atoms with Crippen LogP contribution in [0.3, 0.4) is 0 Å². The van der Waals surface area contributed by atoms with E-state index >= 15 is 0 Å². The molecule has 2 fully saturated rings. The van der Waals surface area contributed by atoms with Crippen LogP contribution in [0.5, 0.6) is 0 Å². The van der Waals surface area contributed by atoms with Crippen molar-refractivity contribution in [1.29, 1.82) is 0 Å². The van der Waals surface area contributed by atoms with Gasteiger partial charge in [-0.15, -0.1) is 0 Å². The third kappa shape index (κ3) is 3.98. The second-order valence-electron chi connectivity index (χ2n) is 9.28. The zero-order valence-electron chi connectivity index (χ0n) is 19.2. The summed E-state index contributed by atoms with van der Waals surface area (Å²) in [6.07, 6.45) is 2.57. The number of rotatable bonds is 4. The van der Waals surface area contributed by atoms with Crippen LogP contribution >= 0.6 is 0 Å². The molecule has 0 radical (unpaired) electrons. The lowest BCUT2D eigenvalue weighted by atomic mass is 9.96. The van der Waals surface area contributed by atoms with E-state index in [-0.39, 0.29) is 30.5 Å². The van der Waals surface area contributed by atoms with E-state index in [2.05, 4.69) is 4.90 Å². The summed E-state index contributed by atoms with van der Waals surface area (Å²) in [6, 6.07) is 11.6. The van der Waals surface area contributed by atoms with Crippen LogP contribution < -0.4 is 0 Å². The number of likely N-dealkylation sites (N-methyl/N-ethyl adjacent to an activating group) is 1. The summed E-state index contributed by atoms with van der Waals surface area (Å²) in [4.78, 5) is 43.3. The highest BCUT2D eigenvalue weighted by Gasteiger charge is 2.40. The van der Waals surface area contributed by atoms with E-state index in [4.69, 9.17) is 4.74 Å². The highest BCUT2D eigenvalue weighted by Crippen LogP contribution is 2.32. The maximum atomic E-state index is 14.5. The van der Waals surface area contributed by atoms with Gasteiger partial charge in [-0.3, -0.25) is 9.59 Å². The SMILES string of the molecule is CN(C)[C@@H]1CCN(C(=O)C2CN(C(=O)c3cc(/C=C4\OC(=O)c5ccccc54)ccc3F)C2)C1. The molecule has 2 aromatic carbocycles. The Balaban J connectivity index is 1.27. The largest absolute Gasteiger partial charge is 0.422 e.